The Bertz CT molecular complexity index is 374. The highest BCUT2D eigenvalue weighted by Gasteiger charge is 2.37. The third-order valence-corrected chi connectivity index (χ3v) is 5.88. The monoisotopic (exact) mass is 277 g/mol. The van der Waals surface area contributed by atoms with E-state index in [4.69, 9.17) is 10.5 Å². The predicted octanol–water partition coefficient (Wildman–Crippen LogP) is -0.377. The van der Waals surface area contributed by atoms with Crippen LogP contribution < -0.4 is 5.73 Å². The Balaban J connectivity index is 2.02. The SMILES string of the molecule is COC1CCN(S(=O)(=O)N2CCCC(CN)C2)C1. The number of nitrogens with two attached hydrogens (primary N) is 1. The number of rotatable bonds is 4. The van der Waals surface area contributed by atoms with Gasteiger partial charge in [-0.15, -0.1) is 0 Å². The molecule has 0 spiro atoms. The molecule has 2 atom stereocenters. The zero-order chi connectivity index (χ0) is 13.2. The molecule has 0 aromatic rings. The van der Waals surface area contributed by atoms with Crippen molar-refractivity contribution in [2.24, 2.45) is 11.7 Å². The van der Waals surface area contributed by atoms with Gasteiger partial charge in [-0.3, -0.25) is 0 Å². The molecule has 2 aliphatic heterocycles. The number of piperidine rings is 1. The first-order valence-corrected chi connectivity index (χ1v) is 7.95. The van der Waals surface area contributed by atoms with Gasteiger partial charge in [-0.2, -0.15) is 17.0 Å². The van der Waals surface area contributed by atoms with Gasteiger partial charge in [0.05, 0.1) is 6.10 Å². The van der Waals surface area contributed by atoms with E-state index in [0.29, 0.717) is 38.6 Å². The van der Waals surface area contributed by atoms with Crippen molar-refractivity contribution in [3.63, 3.8) is 0 Å². The van der Waals surface area contributed by atoms with Crippen molar-refractivity contribution < 1.29 is 13.2 Å². The van der Waals surface area contributed by atoms with Crippen molar-refractivity contribution in [3.05, 3.63) is 0 Å². The number of ether oxygens (including phenoxy) is 1. The molecule has 0 aromatic carbocycles. The number of hydrogen-bond acceptors (Lipinski definition) is 4. The lowest BCUT2D eigenvalue weighted by Crippen LogP contribution is -2.48. The standard InChI is InChI=1S/C11H23N3O3S/c1-17-11-4-6-14(9-11)18(15,16)13-5-2-3-10(7-12)8-13/h10-11H,2-9,12H2,1H3. The molecule has 0 saturated carbocycles. The molecule has 2 unspecified atom stereocenters. The van der Waals surface area contributed by atoms with Gasteiger partial charge in [0, 0.05) is 33.3 Å². The molecule has 0 radical (unpaired) electrons. The van der Waals surface area contributed by atoms with Gasteiger partial charge >= 0.3 is 0 Å². The summed E-state index contributed by atoms with van der Waals surface area (Å²) in [6.45, 7) is 2.78. The van der Waals surface area contributed by atoms with E-state index in [1.54, 1.807) is 15.7 Å². The minimum absolute atomic E-state index is 0.0369. The summed E-state index contributed by atoms with van der Waals surface area (Å²) in [7, 11) is -1.69. The van der Waals surface area contributed by atoms with Crippen LogP contribution in [-0.2, 0) is 14.9 Å². The number of nitrogens with zero attached hydrogens (tertiary/aromatic N) is 2. The average Bonchev–Trinajstić information content (AvgIpc) is 2.88. The molecular formula is C11H23N3O3S. The lowest BCUT2D eigenvalue weighted by Gasteiger charge is -2.33. The first-order chi connectivity index (χ1) is 8.57. The van der Waals surface area contributed by atoms with Crippen LogP contribution in [0, 0.1) is 5.92 Å². The maximum absolute atomic E-state index is 12.5. The van der Waals surface area contributed by atoms with E-state index < -0.39 is 10.2 Å². The van der Waals surface area contributed by atoms with Crippen LogP contribution in [0.25, 0.3) is 0 Å². The second-order valence-corrected chi connectivity index (χ2v) is 7.04. The van der Waals surface area contributed by atoms with Crippen LogP contribution in [-0.4, -0.2) is 63.0 Å². The minimum Gasteiger partial charge on any atom is -0.380 e. The molecule has 2 saturated heterocycles. The van der Waals surface area contributed by atoms with E-state index in [1.807, 2.05) is 0 Å². The van der Waals surface area contributed by atoms with Gasteiger partial charge in [-0.25, -0.2) is 0 Å². The Morgan fingerprint density at radius 2 is 1.94 bits per heavy atom. The Hall–Kier alpha value is -0.210. The summed E-state index contributed by atoms with van der Waals surface area (Å²) >= 11 is 0. The second kappa shape index (κ2) is 5.83. The molecule has 0 aliphatic carbocycles. The maximum Gasteiger partial charge on any atom is 0.282 e. The number of methoxy groups -OCH3 is 1. The molecule has 6 nitrogen and oxygen atoms in total. The Kier molecular flexibility index (Phi) is 4.60. The van der Waals surface area contributed by atoms with Crippen LogP contribution in [0.4, 0.5) is 0 Å². The Morgan fingerprint density at radius 1 is 1.22 bits per heavy atom. The largest absolute Gasteiger partial charge is 0.380 e. The quantitative estimate of drug-likeness (QED) is 0.760. The molecule has 2 aliphatic rings. The average molecular weight is 277 g/mol. The fourth-order valence-corrected chi connectivity index (χ4v) is 4.47. The summed E-state index contributed by atoms with van der Waals surface area (Å²) in [5.41, 5.74) is 5.65. The molecule has 2 heterocycles. The van der Waals surface area contributed by atoms with Gasteiger partial charge in [0.2, 0.25) is 0 Å². The van der Waals surface area contributed by atoms with E-state index >= 15 is 0 Å². The van der Waals surface area contributed by atoms with Crippen molar-refractivity contribution in [3.8, 4) is 0 Å². The van der Waals surface area contributed by atoms with E-state index in [0.717, 1.165) is 19.3 Å². The highest BCUT2D eigenvalue weighted by atomic mass is 32.2. The van der Waals surface area contributed by atoms with Crippen LogP contribution in [0.3, 0.4) is 0 Å². The summed E-state index contributed by atoms with van der Waals surface area (Å²) in [5.74, 6) is 0.300. The lowest BCUT2D eigenvalue weighted by atomic mass is 10.0. The van der Waals surface area contributed by atoms with E-state index in [2.05, 4.69) is 0 Å². The van der Waals surface area contributed by atoms with Gasteiger partial charge in [-0.05, 0) is 31.7 Å². The summed E-state index contributed by atoms with van der Waals surface area (Å²) in [6.07, 6.45) is 2.75. The zero-order valence-electron chi connectivity index (χ0n) is 10.9. The van der Waals surface area contributed by atoms with Crippen molar-refractivity contribution in [2.45, 2.75) is 25.4 Å². The predicted molar refractivity (Wildman–Crippen MR) is 69.3 cm³/mol. The molecule has 0 amide bonds. The Labute approximate surface area is 109 Å². The molecule has 2 N–H and O–H groups in total. The van der Waals surface area contributed by atoms with Crippen molar-refractivity contribution in [2.75, 3.05) is 39.8 Å². The van der Waals surface area contributed by atoms with Crippen LogP contribution in [0.2, 0.25) is 0 Å². The van der Waals surface area contributed by atoms with Gasteiger partial charge < -0.3 is 10.5 Å². The van der Waals surface area contributed by atoms with Crippen molar-refractivity contribution >= 4 is 10.2 Å². The zero-order valence-corrected chi connectivity index (χ0v) is 11.7. The molecular weight excluding hydrogens is 254 g/mol. The third kappa shape index (κ3) is 2.85. The maximum atomic E-state index is 12.5. The Morgan fingerprint density at radius 3 is 2.56 bits per heavy atom. The van der Waals surface area contributed by atoms with Gasteiger partial charge in [-0.1, -0.05) is 0 Å². The molecule has 0 bridgehead atoms. The highest BCUT2D eigenvalue weighted by molar-refractivity contribution is 7.86. The highest BCUT2D eigenvalue weighted by Crippen LogP contribution is 2.23. The summed E-state index contributed by atoms with van der Waals surface area (Å²) in [6, 6.07) is 0. The molecule has 7 heteroatoms. The summed E-state index contributed by atoms with van der Waals surface area (Å²) < 4.78 is 33.3. The summed E-state index contributed by atoms with van der Waals surface area (Å²) in [5, 5.41) is 0. The normalized spacial score (nSPS) is 31.9. The van der Waals surface area contributed by atoms with Gasteiger partial charge in [0.1, 0.15) is 0 Å². The molecule has 0 aromatic heterocycles. The summed E-state index contributed by atoms with van der Waals surface area (Å²) in [4.78, 5) is 0. The van der Waals surface area contributed by atoms with Crippen molar-refractivity contribution in [1.82, 2.24) is 8.61 Å². The van der Waals surface area contributed by atoms with Crippen LogP contribution in [0.15, 0.2) is 0 Å². The molecule has 2 fully saturated rings. The molecule has 18 heavy (non-hydrogen) atoms. The van der Waals surface area contributed by atoms with Crippen LogP contribution >= 0.6 is 0 Å². The lowest BCUT2D eigenvalue weighted by molar-refractivity contribution is 0.114. The first kappa shape index (κ1) is 14.2. The van der Waals surface area contributed by atoms with Crippen molar-refractivity contribution in [1.29, 1.82) is 0 Å². The first-order valence-electron chi connectivity index (χ1n) is 6.56. The smallest absolute Gasteiger partial charge is 0.282 e. The topological polar surface area (TPSA) is 75.9 Å². The van der Waals surface area contributed by atoms with E-state index in [9.17, 15) is 8.42 Å². The second-order valence-electron chi connectivity index (χ2n) is 5.11. The van der Waals surface area contributed by atoms with Crippen LogP contribution in [0.1, 0.15) is 19.3 Å². The number of hydrogen-bond donors (Lipinski definition) is 1. The van der Waals surface area contributed by atoms with E-state index in [-0.39, 0.29) is 6.10 Å². The fraction of sp³-hybridized carbons (Fsp3) is 1.00. The van der Waals surface area contributed by atoms with Crippen LogP contribution in [0.5, 0.6) is 0 Å². The molecule has 2 rings (SSSR count). The van der Waals surface area contributed by atoms with E-state index in [1.165, 1.54) is 0 Å². The van der Waals surface area contributed by atoms with Gasteiger partial charge in [0.15, 0.2) is 0 Å². The fourth-order valence-electron chi connectivity index (χ4n) is 2.69. The minimum atomic E-state index is -3.32. The van der Waals surface area contributed by atoms with Gasteiger partial charge in [0.25, 0.3) is 10.2 Å². The molecule has 106 valence electrons. The third-order valence-electron chi connectivity index (χ3n) is 3.91.